The van der Waals surface area contributed by atoms with Gasteiger partial charge in [-0.1, -0.05) is 25.4 Å². The molecule has 28 heavy (non-hydrogen) atoms. The SMILES string of the molecule is CCNC(=NCc1cc(C(C)C)no1)NCC(c1ccco1)N1CCCCC1. The lowest BCUT2D eigenvalue weighted by Crippen LogP contribution is -2.44. The molecule has 1 saturated heterocycles. The summed E-state index contributed by atoms with van der Waals surface area (Å²) in [7, 11) is 0. The molecule has 1 atom stereocenters. The van der Waals surface area contributed by atoms with Gasteiger partial charge < -0.3 is 19.6 Å². The number of hydrogen-bond donors (Lipinski definition) is 2. The molecule has 3 heterocycles. The molecule has 7 heteroatoms. The summed E-state index contributed by atoms with van der Waals surface area (Å²) >= 11 is 0. The van der Waals surface area contributed by atoms with Crippen molar-refractivity contribution in [2.75, 3.05) is 26.2 Å². The van der Waals surface area contributed by atoms with Crippen LogP contribution in [-0.2, 0) is 6.54 Å². The van der Waals surface area contributed by atoms with E-state index in [-0.39, 0.29) is 6.04 Å². The summed E-state index contributed by atoms with van der Waals surface area (Å²) < 4.78 is 11.1. The maximum absolute atomic E-state index is 5.73. The number of aliphatic imine (C=N–C) groups is 1. The van der Waals surface area contributed by atoms with Crippen LogP contribution in [0.2, 0.25) is 0 Å². The van der Waals surface area contributed by atoms with Crippen LogP contribution in [0.1, 0.15) is 69.2 Å². The molecule has 2 N–H and O–H groups in total. The molecule has 1 aliphatic rings. The quantitative estimate of drug-likeness (QED) is 0.531. The second-order valence-corrected chi connectivity index (χ2v) is 7.58. The molecule has 1 fully saturated rings. The molecule has 1 aliphatic heterocycles. The predicted molar refractivity (Wildman–Crippen MR) is 110 cm³/mol. The monoisotopic (exact) mass is 387 g/mol. The molecule has 0 bridgehead atoms. The smallest absolute Gasteiger partial charge is 0.191 e. The van der Waals surface area contributed by atoms with Gasteiger partial charge in [0.05, 0.1) is 18.0 Å². The molecule has 3 rings (SSSR count). The van der Waals surface area contributed by atoms with Crippen LogP contribution in [-0.4, -0.2) is 42.2 Å². The fraction of sp³-hybridized carbons (Fsp3) is 0.619. The van der Waals surface area contributed by atoms with Crippen LogP contribution in [0.4, 0.5) is 0 Å². The summed E-state index contributed by atoms with van der Waals surface area (Å²) in [6.07, 6.45) is 5.56. The normalized spacial score (nSPS) is 17.1. The summed E-state index contributed by atoms with van der Waals surface area (Å²) in [5.41, 5.74) is 0.964. The van der Waals surface area contributed by atoms with Crippen LogP contribution < -0.4 is 10.6 Å². The molecule has 0 radical (unpaired) electrons. The minimum atomic E-state index is 0.206. The van der Waals surface area contributed by atoms with Crippen molar-refractivity contribution in [1.82, 2.24) is 20.7 Å². The summed E-state index contributed by atoms with van der Waals surface area (Å²) in [4.78, 5) is 7.17. The highest BCUT2D eigenvalue weighted by Gasteiger charge is 2.24. The fourth-order valence-electron chi connectivity index (χ4n) is 3.49. The molecule has 0 saturated carbocycles. The van der Waals surface area contributed by atoms with E-state index >= 15 is 0 Å². The van der Waals surface area contributed by atoms with E-state index in [1.807, 2.05) is 12.1 Å². The largest absolute Gasteiger partial charge is 0.468 e. The van der Waals surface area contributed by atoms with Gasteiger partial charge in [0, 0.05) is 19.2 Å². The Balaban J connectivity index is 1.64. The number of furan rings is 1. The van der Waals surface area contributed by atoms with Crippen LogP contribution in [0.5, 0.6) is 0 Å². The second kappa shape index (κ2) is 10.3. The minimum Gasteiger partial charge on any atom is -0.468 e. The van der Waals surface area contributed by atoms with Crippen LogP contribution in [0, 0.1) is 0 Å². The first-order valence-electron chi connectivity index (χ1n) is 10.4. The van der Waals surface area contributed by atoms with Crippen molar-refractivity contribution in [2.24, 2.45) is 4.99 Å². The van der Waals surface area contributed by atoms with Crippen molar-refractivity contribution < 1.29 is 8.94 Å². The highest BCUT2D eigenvalue weighted by Crippen LogP contribution is 2.24. The van der Waals surface area contributed by atoms with Gasteiger partial charge in [0.1, 0.15) is 12.3 Å². The third kappa shape index (κ3) is 5.61. The number of likely N-dealkylation sites (tertiary alicyclic amines) is 1. The zero-order valence-electron chi connectivity index (χ0n) is 17.3. The lowest BCUT2D eigenvalue weighted by molar-refractivity contribution is 0.146. The van der Waals surface area contributed by atoms with Crippen molar-refractivity contribution in [3.63, 3.8) is 0 Å². The van der Waals surface area contributed by atoms with Gasteiger partial charge in [-0.15, -0.1) is 0 Å². The Hall–Kier alpha value is -2.28. The number of nitrogens with zero attached hydrogens (tertiary/aromatic N) is 3. The van der Waals surface area contributed by atoms with Crippen LogP contribution in [0.3, 0.4) is 0 Å². The molecular weight excluding hydrogens is 354 g/mol. The average molecular weight is 388 g/mol. The highest BCUT2D eigenvalue weighted by molar-refractivity contribution is 5.79. The van der Waals surface area contributed by atoms with E-state index < -0.39 is 0 Å². The molecule has 0 aliphatic carbocycles. The molecule has 0 aromatic carbocycles. The first kappa shape index (κ1) is 20.5. The number of hydrogen-bond acceptors (Lipinski definition) is 5. The first-order chi connectivity index (χ1) is 13.7. The van der Waals surface area contributed by atoms with Gasteiger partial charge in [-0.3, -0.25) is 4.90 Å². The molecule has 2 aromatic heterocycles. The van der Waals surface area contributed by atoms with Crippen LogP contribution in [0.25, 0.3) is 0 Å². The van der Waals surface area contributed by atoms with E-state index in [9.17, 15) is 0 Å². The molecule has 2 aromatic rings. The number of guanidine groups is 1. The number of aromatic nitrogens is 1. The standard InChI is InChI=1S/C21H33N5O2/c1-4-22-21(23-14-17-13-18(16(2)3)25-28-17)24-15-19(20-9-8-12-27-20)26-10-6-5-7-11-26/h8-9,12-13,16,19H,4-7,10-11,14-15H2,1-3H3,(H2,22,23,24). The third-order valence-electron chi connectivity index (χ3n) is 5.07. The number of piperidine rings is 1. The Kier molecular flexibility index (Phi) is 7.54. The van der Waals surface area contributed by atoms with E-state index in [1.165, 1.54) is 19.3 Å². The lowest BCUT2D eigenvalue weighted by atomic mass is 10.1. The summed E-state index contributed by atoms with van der Waals surface area (Å²) in [6.45, 7) is 10.5. The van der Waals surface area contributed by atoms with E-state index in [4.69, 9.17) is 8.94 Å². The summed E-state index contributed by atoms with van der Waals surface area (Å²) in [6, 6.07) is 6.21. The maximum Gasteiger partial charge on any atom is 0.191 e. The topological polar surface area (TPSA) is 78.8 Å². The van der Waals surface area contributed by atoms with Gasteiger partial charge in [-0.25, -0.2) is 4.99 Å². The second-order valence-electron chi connectivity index (χ2n) is 7.58. The average Bonchev–Trinajstić information content (AvgIpc) is 3.39. The minimum absolute atomic E-state index is 0.206. The van der Waals surface area contributed by atoms with E-state index in [0.717, 1.165) is 49.4 Å². The number of nitrogens with one attached hydrogen (secondary N) is 2. The molecule has 154 valence electrons. The van der Waals surface area contributed by atoms with Crippen LogP contribution in [0.15, 0.2) is 38.4 Å². The molecule has 0 spiro atoms. The Morgan fingerprint density at radius 1 is 1.25 bits per heavy atom. The van der Waals surface area contributed by atoms with Gasteiger partial charge in [-0.05, 0) is 50.9 Å². The predicted octanol–water partition coefficient (Wildman–Crippen LogP) is 3.67. The van der Waals surface area contributed by atoms with Gasteiger partial charge in [0.15, 0.2) is 11.7 Å². The van der Waals surface area contributed by atoms with Gasteiger partial charge in [0.2, 0.25) is 0 Å². The van der Waals surface area contributed by atoms with Crippen molar-refractivity contribution in [3.8, 4) is 0 Å². The van der Waals surface area contributed by atoms with E-state index in [2.05, 4.69) is 52.5 Å². The van der Waals surface area contributed by atoms with Gasteiger partial charge in [-0.2, -0.15) is 0 Å². The third-order valence-corrected chi connectivity index (χ3v) is 5.07. The first-order valence-corrected chi connectivity index (χ1v) is 10.4. The molecule has 1 unspecified atom stereocenters. The molecular formula is C21H33N5O2. The van der Waals surface area contributed by atoms with Crippen molar-refractivity contribution in [1.29, 1.82) is 0 Å². The van der Waals surface area contributed by atoms with E-state index in [1.54, 1.807) is 6.26 Å². The summed E-state index contributed by atoms with van der Waals surface area (Å²) in [5, 5.41) is 10.9. The number of rotatable bonds is 8. The van der Waals surface area contributed by atoms with Gasteiger partial charge in [0.25, 0.3) is 0 Å². The zero-order valence-corrected chi connectivity index (χ0v) is 17.3. The Labute approximate surface area is 167 Å². The van der Waals surface area contributed by atoms with Crippen LogP contribution >= 0.6 is 0 Å². The van der Waals surface area contributed by atoms with Crippen molar-refractivity contribution >= 4 is 5.96 Å². The van der Waals surface area contributed by atoms with E-state index in [0.29, 0.717) is 12.5 Å². The summed E-state index contributed by atoms with van der Waals surface area (Å²) in [5.74, 6) is 2.91. The Bertz CT molecular complexity index is 717. The lowest BCUT2D eigenvalue weighted by Gasteiger charge is -2.33. The van der Waals surface area contributed by atoms with Crippen molar-refractivity contribution in [3.05, 3.63) is 41.7 Å². The zero-order chi connectivity index (χ0) is 19.8. The van der Waals surface area contributed by atoms with Gasteiger partial charge >= 0.3 is 0 Å². The highest BCUT2D eigenvalue weighted by atomic mass is 16.5. The maximum atomic E-state index is 5.73. The Morgan fingerprint density at radius 3 is 2.71 bits per heavy atom. The van der Waals surface area contributed by atoms with Crippen molar-refractivity contribution in [2.45, 2.75) is 58.5 Å². The molecule has 7 nitrogen and oxygen atoms in total. The fourth-order valence-corrected chi connectivity index (χ4v) is 3.49. The molecule has 0 amide bonds. The Morgan fingerprint density at radius 2 is 2.07 bits per heavy atom.